The quantitative estimate of drug-likeness (QED) is 0.742. The van der Waals surface area contributed by atoms with Crippen LogP contribution in [0, 0.1) is 11.6 Å². The molecule has 0 aromatic heterocycles. The van der Waals surface area contributed by atoms with E-state index >= 15 is 0 Å². The normalized spacial score (nSPS) is 10.4. The van der Waals surface area contributed by atoms with Crippen LogP contribution >= 0.6 is 0 Å². The monoisotopic (exact) mass is 255 g/mol. The van der Waals surface area contributed by atoms with E-state index in [4.69, 9.17) is 0 Å². The fourth-order valence-electron chi connectivity index (χ4n) is 1.66. The van der Waals surface area contributed by atoms with Crippen LogP contribution in [0.3, 0.4) is 0 Å². The summed E-state index contributed by atoms with van der Waals surface area (Å²) < 4.78 is 25.9. The third kappa shape index (κ3) is 5.25. The lowest BCUT2D eigenvalue weighted by atomic mass is 10.1. The number of hydrogen-bond donors (Lipinski definition) is 1. The van der Waals surface area contributed by atoms with Gasteiger partial charge in [-0.25, -0.2) is 8.78 Å². The van der Waals surface area contributed by atoms with Crippen molar-refractivity contribution >= 4 is 5.91 Å². The Bertz CT molecular complexity index is 393. The van der Waals surface area contributed by atoms with Gasteiger partial charge in [0.1, 0.15) is 11.6 Å². The Hall–Kier alpha value is -1.45. The number of unbranched alkanes of at least 4 members (excludes halogenated alkanes) is 3. The smallest absolute Gasteiger partial charge is 0.220 e. The summed E-state index contributed by atoms with van der Waals surface area (Å²) in [4.78, 5) is 11.5. The van der Waals surface area contributed by atoms with Gasteiger partial charge in [0.25, 0.3) is 0 Å². The van der Waals surface area contributed by atoms with Crippen LogP contribution in [0.25, 0.3) is 0 Å². The molecule has 100 valence electrons. The number of carbonyl (C=O) groups is 1. The van der Waals surface area contributed by atoms with Crippen LogP contribution in [0.5, 0.6) is 0 Å². The van der Waals surface area contributed by atoms with Gasteiger partial charge in [-0.3, -0.25) is 4.79 Å². The number of benzene rings is 1. The summed E-state index contributed by atoms with van der Waals surface area (Å²) in [6.45, 7) is 2.22. The minimum absolute atomic E-state index is 0.0881. The number of nitrogens with one attached hydrogen (secondary N) is 1. The summed E-state index contributed by atoms with van der Waals surface area (Å²) in [6.07, 6.45) is 4.60. The second-order valence-corrected chi connectivity index (χ2v) is 4.32. The maximum Gasteiger partial charge on any atom is 0.220 e. The van der Waals surface area contributed by atoms with Gasteiger partial charge in [0, 0.05) is 24.6 Å². The predicted octanol–water partition coefficient (Wildman–Crippen LogP) is 3.55. The van der Waals surface area contributed by atoms with Crippen molar-refractivity contribution in [3.05, 3.63) is 35.4 Å². The second-order valence-electron chi connectivity index (χ2n) is 4.32. The van der Waals surface area contributed by atoms with E-state index in [2.05, 4.69) is 12.2 Å². The van der Waals surface area contributed by atoms with Gasteiger partial charge in [0.2, 0.25) is 5.91 Å². The van der Waals surface area contributed by atoms with E-state index in [9.17, 15) is 13.6 Å². The van der Waals surface area contributed by atoms with E-state index in [1.807, 2.05) is 0 Å². The summed E-state index contributed by atoms with van der Waals surface area (Å²) in [7, 11) is 0. The van der Waals surface area contributed by atoms with E-state index < -0.39 is 11.6 Å². The highest BCUT2D eigenvalue weighted by atomic mass is 19.1. The summed E-state index contributed by atoms with van der Waals surface area (Å²) >= 11 is 0. The van der Waals surface area contributed by atoms with Crippen LogP contribution in [0.4, 0.5) is 8.78 Å². The third-order valence-corrected chi connectivity index (χ3v) is 2.75. The fraction of sp³-hybridized carbons (Fsp3) is 0.500. The van der Waals surface area contributed by atoms with Crippen LogP contribution in [-0.2, 0) is 11.3 Å². The number of hydrogen-bond acceptors (Lipinski definition) is 1. The first-order chi connectivity index (χ1) is 8.63. The van der Waals surface area contributed by atoms with E-state index in [1.54, 1.807) is 0 Å². The van der Waals surface area contributed by atoms with Gasteiger partial charge < -0.3 is 5.32 Å². The lowest BCUT2D eigenvalue weighted by Gasteiger charge is -2.06. The number of carbonyl (C=O) groups excluding carboxylic acids is 1. The SMILES string of the molecule is CCCCCCC(=O)NCc1ccc(F)cc1F. The molecule has 1 aromatic carbocycles. The zero-order chi connectivity index (χ0) is 13.4. The van der Waals surface area contributed by atoms with E-state index in [-0.39, 0.29) is 12.5 Å². The molecule has 0 spiro atoms. The van der Waals surface area contributed by atoms with Gasteiger partial charge in [-0.1, -0.05) is 32.3 Å². The van der Waals surface area contributed by atoms with E-state index in [0.29, 0.717) is 12.0 Å². The lowest BCUT2D eigenvalue weighted by Crippen LogP contribution is -2.22. The molecular weight excluding hydrogens is 236 g/mol. The van der Waals surface area contributed by atoms with E-state index in [0.717, 1.165) is 31.7 Å². The van der Waals surface area contributed by atoms with Crippen molar-refractivity contribution in [3.8, 4) is 0 Å². The summed E-state index contributed by atoms with van der Waals surface area (Å²) in [5, 5.41) is 2.63. The molecule has 0 bridgehead atoms. The highest BCUT2D eigenvalue weighted by molar-refractivity contribution is 5.75. The van der Waals surface area contributed by atoms with Gasteiger partial charge in [-0.2, -0.15) is 0 Å². The van der Waals surface area contributed by atoms with Gasteiger partial charge in [0.05, 0.1) is 0 Å². The fourth-order valence-corrected chi connectivity index (χ4v) is 1.66. The Labute approximate surface area is 106 Å². The number of rotatable bonds is 7. The largest absolute Gasteiger partial charge is 0.352 e. The minimum Gasteiger partial charge on any atom is -0.352 e. The third-order valence-electron chi connectivity index (χ3n) is 2.75. The zero-order valence-corrected chi connectivity index (χ0v) is 10.6. The van der Waals surface area contributed by atoms with Crippen molar-refractivity contribution in [2.75, 3.05) is 0 Å². The summed E-state index contributed by atoms with van der Waals surface area (Å²) in [5.41, 5.74) is 0.304. The molecule has 18 heavy (non-hydrogen) atoms. The molecule has 1 N–H and O–H groups in total. The zero-order valence-electron chi connectivity index (χ0n) is 10.6. The molecule has 2 nitrogen and oxygen atoms in total. The van der Waals surface area contributed by atoms with Gasteiger partial charge >= 0.3 is 0 Å². The molecule has 0 aliphatic carbocycles. The first-order valence-corrected chi connectivity index (χ1v) is 6.34. The van der Waals surface area contributed by atoms with Crippen molar-refractivity contribution in [2.24, 2.45) is 0 Å². The molecule has 0 aliphatic heterocycles. The van der Waals surface area contributed by atoms with Gasteiger partial charge in [-0.15, -0.1) is 0 Å². The molecule has 0 radical (unpaired) electrons. The molecule has 0 saturated heterocycles. The highest BCUT2D eigenvalue weighted by Crippen LogP contribution is 2.09. The Kier molecular flexibility index (Phi) is 6.33. The molecule has 0 aliphatic rings. The Morgan fingerprint density at radius 1 is 1.22 bits per heavy atom. The van der Waals surface area contributed by atoms with Crippen molar-refractivity contribution < 1.29 is 13.6 Å². The molecule has 1 amide bonds. The molecule has 0 heterocycles. The average Bonchev–Trinajstić information content (AvgIpc) is 2.33. The summed E-state index contributed by atoms with van der Waals surface area (Å²) in [6, 6.07) is 3.36. The van der Waals surface area contributed by atoms with E-state index in [1.165, 1.54) is 12.1 Å². The number of amides is 1. The van der Waals surface area contributed by atoms with Crippen LogP contribution in [-0.4, -0.2) is 5.91 Å². The maximum atomic E-state index is 13.3. The van der Waals surface area contributed by atoms with Crippen LogP contribution in [0.2, 0.25) is 0 Å². The molecular formula is C14H19F2NO. The van der Waals surface area contributed by atoms with Crippen molar-refractivity contribution in [1.29, 1.82) is 0 Å². The second kappa shape index (κ2) is 7.80. The van der Waals surface area contributed by atoms with Crippen LogP contribution < -0.4 is 5.32 Å². The average molecular weight is 255 g/mol. The molecule has 1 aromatic rings. The predicted molar refractivity (Wildman–Crippen MR) is 67.0 cm³/mol. The molecule has 4 heteroatoms. The molecule has 0 fully saturated rings. The van der Waals surface area contributed by atoms with Crippen molar-refractivity contribution in [2.45, 2.75) is 45.6 Å². The molecule has 0 saturated carbocycles. The Balaban J connectivity index is 2.29. The number of halogens is 2. The maximum absolute atomic E-state index is 13.3. The van der Waals surface area contributed by atoms with Crippen LogP contribution in [0.1, 0.15) is 44.6 Å². The lowest BCUT2D eigenvalue weighted by molar-refractivity contribution is -0.121. The minimum atomic E-state index is -0.624. The molecule has 0 unspecified atom stereocenters. The molecule has 1 rings (SSSR count). The van der Waals surface area contributed by atoms with Crippen molar-refractivity contribution in [3.63, 3.8) is 0 Å². The first-order valence-electron chi connectivity index (χ1n) is 6.34. The highest BCUT2D eigenvalue weighted by Gasteiger charge is 2.05. The van der Waals surface area contributed by atoms with Gasteiger partial charge in [-0.05, 0) is 12.5 Å². The Morgan fingerprint density at radius 2 is 2.00 bits per heavy atom. The van der Waals surface area contributed by atoms with Crippen LogP contribution in [0.15, 0.2) is 18.2 Å². The molecule has 0 atom stereocenters. The standard InChI is InChI=1S/C14H19F2NO/c1-2-3-4-5-6-14(18)17-10-11-7-8-12(15)9-13(11)16/h7-9H,2-6,10H2,1H3,(H,17,18). The Morgan fingerprint density at radius 3 is 2.67 bits per heavy atom. The first kappa shape index (κ1) is 14.6. The summed E-state index contributed by atoms with van der Waals surface area (Å²) in [5.74, 6) is -1.32. The van der Waals surface area contributed by atoms with Crippen molar-refractivity contribution in [1.82, 2.24) is 5.32 Å². The van der Waals surface area contributed by atoms with Gasteiger partial charge in [0.15, 0.2) is 0 Å². The topological polar surface area (TPSA) is 29.1 Å².